The Hall–Kier alpha value is -1.14. The first-order valence-electron chi connectivity index (χ1n) is 1.89. The van der Waals surface area contributed by atoms with Gasteiger partial charge < -0.3 is 0 Å². The van der Waals surface area contributed by atoms with Gasteiger partial charge >= 0.3 is 0 Å². The van der Waals surface area contributed by atoms with Crippen molar-refractivity contribution >= 4 is 0 Å². The molecule has 0 heterocycles. The van der Waals surface area contributed by atoms with Crippen molar-refractivity contribution in [1.82, 2.24) is 0 Å². The van der Waals surface area contributed by atoms with Crippen LogP contribution >= 0.6 is 0 Å². The van der Waals surface area contributed by atoms with E-state index in [1.807, 2.05) is 0 Å². The highest BCUT2D eigenvalue weighted by Crippen LogP contribution is 1.77. The van der Waals surface area contributed by atoms with Crippen LogP contribution in [0.3, 0.4) is 0 Å². The molecule has 0 amide bonds. The van der Waals surface area contributed by atoms with E-state index in [0.29, 0.717) is 5.57 Å². The minimum Gasteiger partial charge on any atom is -0.114 e. The Bertz CT molecular complexity index is 157. The fourth-order valence-electron chi connectivity index (χ4n) is 0.187. The van der Waals surface area contributed by atoms with Crippen molar-refractivity contribution in [2.45, 2.75) is 6.92 Å². The van der Waals surface area contributed by atoms with Crippen LogP contribution in [0.25, 0.3) is 0 Å². The highest BCUT2D eigenvalue weighted by molar-refractivity contribution is 5.39. The Kier molecular flexibility index (Phi) is 2.57. The molecule has 0 radical (unpaired) electrons. The summed E-state index contributed by atoms with van der Waals surface area (Å²) in [4.78, 5) is 0. The van der Waals surface area contributed by atoms with Gasteiger partial charge in [0.05, 0.1) is 5.57 Å². The molecule has 0 atom stereocenters. The molecule has 0 aliphatic rings. The average Bonchev–Trinajstić information content (AvgIpc) is 1.68. The average molecular weight is 90.1 g/mol. The molecule has 0 heteroatoms. The van der Waals surface area contributed by atoms with Crippen molar-refractivity contribution in [3.8, 4) is 24.2 Å². The predicted octanol–water partition coefficient (Wildman–Crippen LogP) is 1.20. The second kappa shape index (κ2) is 3.07. The first-order valence-corrected chi connectivity index (χ1v) is 1.89. The van der Waals surface area contributed by atoms with Gasteiger partial charge in [-0.05, 0) is 6.92 Å². The summed E-state index contributed by atoms with van der Waals surface area (Å²) >= 11 is 0. The van der Waals surface area contributed by atoms with E-state index in [2.05, 4.69) is 24.3 Å². The monoisotopic (exact) mass is 90.0 g/mol. The second-order valence-electron chi connectivity index (χ2n) is 0.998. The molecule has 0 unspecified atom stereocenters. The third-order valence-electron chi connectivity index (χ3n) is 0.450. The predicted molar refractivity (Wildman–Crippen MR) is 31.4 cm³/mol. The van der Waals surface area contributed by atoms with Crippen LogP contribution in [0.1, 0.15) is 6.92 Å². The molecular formula is C7H6. The van der Waals surface area contributed by atoms with Crippen molar-refractivity contribution < 1.29 is 0 Å². The van der Waals surface area contributed by atoms with E-state index in [4.69, 9.17) is 6.42 Å². The zero-order chi connectivity index (χ0) is 5.70. The van der Waals surface area contributed by atoms with Gasteiger partial charge in [0.2, 0.25) is 0 Å². The number of hydrogen-bond acceptors (Lipinski definition) is 0. The highest BCUT2D eigenvalue weighted by atomic mass is 13.7. The maximum atomic E-state index is 4.91. The lowest BCUT2D eigenvalue weighted by molar-refractivity contribution is 1.87. The van der Waals surface area contributed by atoms with Crippen molar-refractivity contribution in [3.63, 3.8) is 0 Å². The van der Waals surface area contributed by atoms with E-state index in [1.54, 1.807) is 6.92 Å². The number of terminal acetylenes is 1. The summed E-state index contributed by atoms with van der Waals surface area (Å²) in [6.07, 6.45) is 4.91. The second-order valence-corrected chi connectivity index (χ2v) is 0.998. The van der Waals surface area contributed by atoms with Gasteiger partial charge in [-0.25, -0.2) is 0 Å². The van der Waals surface area contributed by atoms with Gasteiger partial charge in [-0.2, -0.15) is 0 Å². The van der Waals surface area contributed by atoms with Crippen molar-refractivity contribution in [2.24, 2.45) is 0 Å². The van der Waals surface area contributed by atoms with E-state index in [-0.39, 0.29) is 0 Å². The first-order chi connectivity index (χ1) is 3.31. The summed E-state index contributed by atoms with van der Waals surface area (Å²) < 4.78 is 0. The van der Waals surface area contributed by atoms with Crippen LogP contribution in [-0.4, -0.2) is 0 Å². The molecule has 0 aliphatic carbocycles. The molecule has 0 aliphatic heterocycles. The largest absolute Gasteiger partial charge is 0.114 e. The van der Waals surface area contributed by atoms with Gasteiger partial charge in [0, 0.05) is 0 Å². The van der Waals surface area contributed by atoms with Gasteiger partial charge in [0.15, 0.2) is 0 Å². The van der Waals surface area contributed by atoms with Gasteiger partial charge in [0.25, 0.3) is 0 Å². The maximum Gasteiger partial charge on any atom is 0.0669 e. The molecule has 0 saturated heterocycles. The molecule has 34 valence electrons. The number of rotatable bonds is 0. The zero-order valence-corrected chi connectivity index (χ0v) is 4.28. The van der Waals surface area contributed by atoms with E-state index in [1.165, 1.54) is 0 Å². The molecule has 0 bridgehead atoms. The summed E-state index contributed by atoms with van der Waals surface area (Å²) in [6.45, 7) is 5.18. The Morgan fingerprint density at radius 1 is 1.71 bits per heavy atom. The van der Waals surface area contributed by atoms with E-state index in [0.717, 1.165) is 0 Å². The van der Waals surface area contributed by atoms with Crippen LogP contribution in [0.15, 0.2) is 12.2 Å². The Morgan fingerprint density at radius 3 is 2.43 bits per heavy atom. The number of allylic oxidation sites excluding steroid dienone is 1. The summed E-state index contributed by atoms with van der Waals surface area (Å²) in [5.41, 5.74) is 0.544. The van der Waals surface area contributed by atoms with Gasteiger partial charge in [-0.15, -0.1) is 12.3 Å². The van der Waals surface area contributed by atoms with Gasteiger partial charge in [-0.3, -0.25) is 0 Å². The van der Waals surface area contributed by atoms with Crippen LogP contribution in [0.5, 0.6) is 0 Å². The van der Waals surface area contributed by atoms with Crippen molar-refractivity contribution in [3.05, 3.63) is 12.2 Å². The van der Waals surface area contributed by atoms with E-state index in [9.17, 15) is 0 Å². The molecule has 0 spiro atoms. The SMILES string of the molecule is C#CC(=C)C#CC. The lowest BCUT2D eigenvalue weighted by Gasteiger charge is -1.70. The van der Waals surface area contributed by atoms with Crippen LogP contribution in [0, 0.1) is 24.2 Å². The lowest BCUT2D eigenvalue weighted by atomic mass is 10.3. The Labute approximate surface area is 44.2 Å². The minimum absolute atomic E-state index is 0.544. The molecular weight excluding hydrogens is 84.1 g/mol. The molecule has 0 aromatic carbocycles. The van der Waals surface area contributed by atoms with Crippen LogP contribution < -0.4 is 0 Å². The molecule has 0 aromatic rings. The van der Waals surface area contributed by atoms with Crippen LogP contribution in [0.4, 0.5) is 0 Å². The van der Waals surface area contributed by atoms with E-state index >= 15 is 0 Å². The standard InChI is InChI=1S/C7H6/c1-4-6-7(3)5-2/h2H,3H2,1H3. The maximum absolute atomic E-state index is 4.91. The molecule has 0 fully saturated rings. The van der Waals surface area contributed by atoms with Crippen LogP contribution in [0.2, 0.25) is 0 Å². The van der Waals surface area contributed by atoms with Crippen molar-refractivity contribution in [1.29, 1.82) is 0 Å². The Balaban J connectivity index is 3.83. The summed E-state index contributed by atoms with van der Waals surface area (Å²) in [7, 11) is 0. The van der Waals surface area contributed by atoms with Crippen LogP contribution in [-0.2, 0) is 0 Å². The molecule has 0 nitrogen and oxygen atoms in total. The Morgan fingerprint density at radius 2 is 2.29 bits per heavy atom. The quantitative estimate of drug-likeness (QED) is 0.392. The van der Waals surface area contributed by atoms with Crippen molar-refractivity contribution in [2.75, 3.05) is 0 Å². The smallest absolute Gasteiger partial charge is 0.0669 e. The molecule has 0 saturated carbocycles. The summed E-state index contributed by atoms with van der Waals surface area (Å²) in [6, 6.07) is 0. The zero-order valence-electron chi connectivity index (χ0n) is 4.28. The summed E-state index contributed by atoms with van der Waals surface area (Å²) in [5.74, 6) is 7.54. The minimum atomic E-state index is 0.544. The van der Waals surface area contributed by atoms with Gasteiger partial charge in [0.1, 0.15) is 0 Å². The first kappa shape index (κ1) is 5.86. The topological polar surface area (TPSA) is 0 Å². The molecule has 0 rings (SSSR count). The van der Waals surface area contributed by atoms with E-state index < -0.39 is 0 Å². The fraction of sp³-hybridized carbons (Fsp3) is 0.143. The molecule has 0 N–H and O–H groups in total. The third-order valence-corrected chi connectivity index (χ3v) is 0.450. The van der Waals surface area contributed by atoms with Gasteiger partial charge in [-0.1, -0.05) is 18.4 Å². The third kappa shape index (κ3) is 2.67. The summed E-state index contributed by atoms with van der Waals surface area (Å²) in [5, 5.41) is 0. The highest BCUT2D eigenvalue weighted by Gasteiger charge is 1.68. The molecule has 0 aromatic heterocycles. The number of hydrogen-bond donors (Lipinski definition) is 0. The normalized spacial score (nSPS) is 5.14. The molecule has 7 heavy (non-hydrogen) atoms. The fourth-order valence-corrected chi connectivity index (χ4v) is 0.187. The lowest BCUT2D eigenvalue weighted by Crippen LogP contribution is -1.61.